The molecule has 1 aliphatic heterocycles. The first-order valence-corrected chi connectivity index (χ1v) is 6.20. The van der Waals surface area contributed by atoms with Crippen molar-refractivity contribution in [3.05, 3.63) is 0 Å². The lowest BCUT2D eigenvalue weighted by atomic mass is 10.2. The van der Waals surface area contributed by atoms with Crippen LogP contribution in [0.4, 0.5) is 0 Å². The Hall–Kier alpha value is -0.530. The average Bonchev–Trinajstić information content (AvgIpc) is 2.40. The van der Waals surface area contributed by atoms with Gasteiger partial charge in [-0.2, -0.15) is 0 Å². The first kappa shape index (κ1) is 10.6. The Morgan fingerprint density at radius 2 is 2.23 bits per heavy atom. The van der Waals surface area contributed by atoms with Crippen LogP contribution in [0.3, 0.4) is 0 Å². The number of sulfone groups is 1. The first-order valence-electron chi connectivity index (χ1n) is 4.48. The molecule has 1 unspecified atom stereocenters. The van der Waals surface area contributed by atoms with E-state index in [9.17, 15) is 8.42 Å². The number of hydrogen-bond donors (Lipinski definition) is 1. The van der Waals surface area contributed by atoms with Gasteiger partial charge < -0.3 is 5.32 Å². The second-order valence-corrected chi connectivity index (χ2v) is 5.62. The van der Waals surface area contributed by atoms with Gasteiger partial charge in [0.25, 0.3) is 0 Å². The van der Waals surface area contributed by atoms with E-state index in [-0.39, 0.29) is 5.25 Å². The Morgan fingerprint density at radius 3 is 2.77 bits per heavy atom. The highest BCUT2D eigenvalue weighted by atomic mass is 32.2. The lowest BCUT2D eigenvalue weighted by Crippen LogP contribution is -2.15. The molecule has 0 aromatic rings. The lowest BCUT2D eigenvalue weighted by Gasteiger charge is -2.02. The van der Waals surface area contributed by atoms with Crippen molar-refractivity contribution in [1.29, 1.82) is 0 Å². The largest absolute Gasteiger partial charge is 0.309 e. The third kappa shape index (κ3) is 3.02. The molecule has 1 atom stereocenters. The molecule has 0 saturated carbocycles. The summed E-state index contributed by atoms with van der Waals surface area (Å²) in [6, 6.07) is 0. The quantitative estimate of drug-likeness (QED) is 0.648. The Labute approximate surface area is 79.8 Å². The van der Waals surface area contributed by atoms with Crippen molar-refractivity contribution in [2.75, 3.05) is 19.3 Å². The molecule has 0 amide bonds. The minimum Gasteiger partial charge on any atom is -0.309 e. The molecule has 1 aliphatic rings. The molecule has 0 aliphatic carbocycles. The van der Waals surface area contributed by atoms with Gasteiger partial charge in [0.2, 0.25) is 0 Å². The third-order valence-electron chi connectivity index (χ3n) is 2.18. The van der Waals surface area contributed by atoms with Crippen molar-refractivity contribution in [1.82, 2.24) is 5.32 Å². The summed E-state index contributed by atoms with van der Waals surface area (Å²) in [5.74, 6) is 6.12. The van der Waals surface area contributed by atoms with Crippen molar-refractivity contribution >= 4 is 9.84 Å². The molecular formula is C9H15NO2S. The van der Waals surface area contributed by atoms with E-state index in [1.807, 2.05) is 7.05 Å². The van der Waals surface area contributed by atoms with Crippen LogP contribution >= 0.6 is 0 Å². The zero-order chi connectivity index (χ0) is 9.73. The second kappa shape index (κ2) is 4.64. The van der Waals surface area contributed by atoms with Crippen molar-refractivity contribution in [3.8, 4) is 11.8 Å². The summed E-state index contributed by atoms with van der Waals surface area (Å²) < 4.78 is 22.7. The highest BCUT2D eigenvalue weighted by Gasteiger charge is 2.30. The van der Waals surface area contributed by atoms with Crippen LogP contribution in [0.15, 0.2) is 0 Å². The SMILES string of the molecule is CNCC#CCC1CCCS1(=O)=O. The Kier molecular flexibility index (Phi) is 3.76. The van der Waals surface area contributed by atoms with Crippen LogP contribution in [-0.4, -0.2) is 33.0 Å². The van der Waals surface area contributed by atoms with Crippen LogP contribution in [0.2, 0.25) is 0 Å². The number of nitrogens with one attached hydrogen (secondary N) is 1. The average molecular weight is 201 g/mol. The smallest absolute Gasteiger partial charge is 0.154 e. The van der Waals surface area contributed by atoms with Crippen LogP contribution in [0, 0.1) is 11.8 Å². The van der Waals surface area contributed by atoms with Gasteiger partial charge in [0.1, 0.15) is 0 Å². The van der Waals surface area contributed by atoms with Gasteiger partial charge in [0.05, 0.1) is 17.5 Å². The zero-order valence-corrected chi connectivity index (χ0v) is 8.65. The molecule has 3 nitrogen and oxygen atoms in total. The highest BCUT2D eigenvalue weighted by molar-refractivity contribution is 7.92. The fourth-order valence-corrected chi connectivity index (χ4v) is 3.19. The van der Waals surface area contributed by atoms with Crippen molar-refractivity contribution in [3.63, 3.8) is 0 Å². The summed E-state index contributed by atoms with van der Waals surface area (Å²) in [7, 11) is -0.977. The monoisotopic (exact) mass is 201 g/mol. The highest BCUT2D eigenvalue weighted by Crippen LogP contribution is 2.21. The summed E-state index contributed by atoms with van der Waals surface area (Å²) in [5, 5.41) is 2.69. The summed E-state index contributed by atoms with van der Waals surface area (Å²) in [6.07, 6.45) is 2.10. The molecular weight excluding hydrogens is 186 g/mol. The van der Waals surface area contributed by atoms with E-state index in [1.165, 1.54) is 0 Å². The maximum Gasteiger partial charge on any atom is 0.154 e. The van der Waals surface area contributed by atoms with Gasteiger partial charge in [-0.05, 0) is 19.9 Å². The van der Waals surface area contributed by atoms with E-state index in [1.54, 1.807) is 0 Å². The summed E-state index contributed by atoms with van der Waals surface area (Å²) in [6.45, 7) is 0.632. The molecule has 0 aromatic carbocycles. The molecule has 74 valence electrons. The van der Waals surface area contributed by atoms with Gasteiger partial charge >= 0.3 is 0 Å². The minimum atomic E-state index is -2.80. The second-order valence-electron chi connectivity index (χ2n) is 3.22. The van der Waals surface area contributed by atoms with Crippen LogP contribution in [0.5, 0.6) is 0 Å². The predicted octanol–water partition coefficient (Wildman–Crippen LogP) is 0.177. The van der Waals surface area contributed by atoms with E-state index < -0.39 is 9.84 Å². The van der Waals surface area contributed by atoms with E-state index in [4.69, 9.17) is 0 Å². The molecule has 0 radical (unpaired) electrons. The summed E-state index contributed by atoms with van der Waals surface area (Å²) in [5.41, 5.74) is 0. The normalized spacial score (nSPS) is 25.2. The molecule has 1 rings (SSSR count). The number of rotatable bonds is 2. The molecule has 1 fully saturated rings. The van der Waals surface area contributed by atoms with Gasteiger partial charge in [-0.15, -0.1) is 5.92 Å². The number of hydrogen-bond acceptors (Lipinski definition) is 3. The fourth-order valence-electron chi connectivity index (χ4n) is 1.42. The topological polar surface area (TPSA) is 46.2 Å². The van der Waals surface area contributed by atoms with Crippen molar-refractivity contribution in [2.45, 2.75) is 24.5 Å². The van der Waals surface area contributed by atoms with Gasteiger partial charge in [0, 0.05) is 6.42 Å². The molecule has 4 heteroatoms. The maximum atomic E-state index is 11.3. The molecule has 1 heterocycles. The van der Waals surface area contributed by atoms with Crippen LogP contribution in [0.25, 0.3) is 0 Å². The van der Waals surface area contributed by atoms with E-state index in [2.05, 4.69) is 17.2 Å². The minimum absolute atomic E-state index is 0.197. The predicted molar refractivity (Wildman–Crippen MR) is 53.1 cm³/mol. The fraction of sp³-hybridized carbons (Fsp3) is 0.778. The van der Waals surface area contributed by atoms with E-state index in [0.717, 1.165) is 12.8 Å². The third-order valence-corrected chi connectivity index (χ3v) is 4.46. The van der Waals surface area contributed by atoms with Crippen LogP contribution in [0.1, 0.15) is 19.3 Å². The van der Waals surface area contributed by atoms with E-state index in [0.29, 0.717) is 18.7 Å². The lowest BCUT2D eigenvalue weighted by molar-refractivity contribution is 0.590. The van der Waals surface area contributed by atoms with Crippen LogP contribution < -0.4 is 5.32 Å². The summed E-state index contributed by atoms with van der Waals surface area (Å²) in [4.78, 5) is 0. The van der Waals surface area contributed by atoms with Crippen LogP contribution in [-0.2, 0) is 9.84 Å². The van der Waals surface area contributed by atoms with Gasteiger partial charge in [-0.1, -0.05) is 5.92 Å². The Balaban J connectivity index is 2.43. The zero-order valence-electron chi connectivity index (χ0n) is 7.84. The Bertz CT molecular complexity index is 310. The van der Waals surface area contributed by atoms with Gasteiger partial charge in [0.15, 0.2) is 9.84 Å². The Morgan fingerprint density at radius 1 is 1.46 bits per heavy atom. The molecule has 13 heavy (non-hydrogen) atoms. The molecule has 1 saturated heterocycles. The first-order chi connectivity index (χ1) is 6.17. The molecule has 0 bridgehead atoms. The standard InChI is InChI=1S/C9H15NO2S/c1-10-7-3-2-5-9-6-4-8-13(9,11)12/h9-10H,4-8H2,1H3. The van der Waals surface area contributed by atoms with Crippen molar-refractivity contribution < 1.29 is 8.42 Å². The molecule has 0 aromatic heterocycles. The van der Waals surface area contributed by atoms with Gasteiger partial charge in [-0.25, -0.2) is 8.42 Å². The summed E-state index contributed by atoms with van der Waals surface area (Å²) >= 11 is 0. The molecule has 0 spiro atoms. The maximum absolute atomic E-state index is 11.3. The molecule has 1 N–H and O–H groups in total. The van der Waals surface area contributed by atoms with E-state index >= 15 is 0 Å². The van der Waals surface area contributed by atoms with Gasteiger partial charge in [-0.3, -0.25) is 0 Å². The van der Waals surface area contributed by atoms with Crippen molar-refractivity contribution in [2.24, 2.45) is 0 Å².